The predicted octanol–water partition coefficient (Wildman–Crippen LogP) is 1.53. The fourth-order valence-corrected chi connectivity index (χ4v) is 0.423. The van der Waals surface area contributed by atoms with Gasteiger partial charge < -0.3 is 0 Å². The van der Waals surface area contributed by atoms with Crippen LogP contribution in [0.25, 0.3) is 0 Å². The molecule has 2 heteroatoms. The number of rotatable bonds is 3. The van der Waals surface area contributed by atoms with Crippen molar-refractivity contribution >= 4 is 6.08 Å². The molecule has 0 unspecified atom stereocenters. The molecule has 0 aliphatic rings. The molecule has 0 radical (unpaired) electrons. The maximum absolute atomic E-state index is 9.52. The first-order valence-electron chi connectivity index (χ1n) is 2.97. The molecule has 0 amide bonds. The fourth-order valence-electron chi connectivity index (χ4n) is 0.423. The molecular weight excluding hydrogens is 114 g/mol. The van der Waals surface area contributed by atoms with Gasteiger partial charge in [-0.3, -0.25) is 0 Å². The van der Waals surface area contributed by atoms with Crippen molar-refractivity contribution in [3.05, 3.63) is 12.2 Å². The molecule has 0 aliphatic heterocycles. The molecule has 0 saturated carbocycles. The van der Waals surface area contributed by atoms with Gasteiger partial charge in [0, 0.05) is 0 Å². The SMILES string of the molecule is CC(C)/C=C\CN=C=O. The third kappa shape index (κ3) is 7.12. The van der Waals surface area contributed by atoms with Gasteiger partial charge in [0.15, 0.2) is 0 Å². The molecule has 0 aromatic rings. The predicted molar refractivity (Wildman–Crippen MR) is 37.0 cm³/mol. The van der Waals surface area contributed by atoms with Gasteiger partial charge in [0.2, 0.25) is 6.08 Å². The lowest BCUT2D eigenvalue weighted by molar-refractivity contribution is 0.564. The summed E-state index contributed by atoms with van der Waals surface area (Å²) >= 11 is 0. The van der Waals surface area contributed by atoms with Crippen LogP contribution in [0.4, 0.5) is 0 Å². The standard InChI is InChI=1S/C7H11NO/c1-7(2)4-3-5-8-6-9/h3-4,7H,5H2,1-2H3/b4-3-. The van der Waals surface area contributed by atoms with Crippen molar-refractivity contribution in [1.82, 2.24) is 0 Å². The van der Waals surface area contributed by atoms with Gasteiger partial charge in [-0.15, -0.1) is 0 Å². The number of nitrogens with zero attached hydrogens (tertiary/aromatic N) is 1. The van der Waals surface area contributed by atoms with Gasteiger partial charge in [-0.25, -0.2) is 9.79 Å². The average molecular weight is 125 g/mol. The lowest BCUT2D eigenvalue weighted by atomic mass is 10.2. The van der Waals surface area contributed by atoms with Crippen molar-refractivity contribution in [1.29, 1.82) is 0 Å². The Balaban J connectivity index is 3.36. The highest BCUT2D eigenvalue weighted by Gasteiger charge is 1.80. The number of hydrogen-bond acceptors (Lipinski definition) is 2. The Hall–Kier alpha value is -0.880. The summed E-state index contributed by atoms with van der Waals surface area (Å²) in [6.07, 6.45) is 5.32. The van der Waals surface area contributed by atoms with Gasteiger partial charge in [-0.05, 0) is 5.92 Å². The lowest BCUT2D eigenvalue weighted by Gasteiger charge is -1.89. The summed E-state index contributed by atoms with van der Waals surface area (Å²) in [5, 5.41) is 0. The summed E-state index contributed by atoms with van der Waals surface area (Å²) in [6, 6.07) is 0. The number of isocyanates is 1. The van der Waals surface area contributed by atoms with Crippen LogP contribution in [0.2, 0.25) is 0 Å². The topological polar surface area (TPSA) is 29.4 Å². The quantitative estimate of drug-likeness (QED) is 0.319. The minimum Gasteiger partial charge on any atom is -0.211 e. The first kappa shape index (κ1) is 8.12. The van der Waals surface area contributed by atoms with Crippen molar-refractivity contribution in [2.45, 2.75) is 13.8 Å². The summed E-state index contributed by atoms with van der Waals surface area (Å²) < 4.78 is 0. The van der Waals surface area contributed by atoms with Crippen LogP contribution in [0.15, 0.2) is 17.1 Å². The number of allylic oxidation sites excluding steroid dienone is 1. The molecule has 0 fully saturated rings. The van der Waals surface area contributed by atoms with Crippen molar-refractivity contribution in [3.63, 3.8) is 0 Å². The normalized spacial score (nSPS) is 10.1. The third-order valence-electron chi connectivity index (χ3n) is 0.782. The lowest BCUT2D eigenvalue weighted by Crippen LogP contribution is -1.78. The summed E-state index contributed by atoms with van der Waals surface area (Å²) in [7, 11) is 0. The van der Waals surface area contributed by atoms with Gasteiger partial charge in [-0.1, -0.05) is 26.0 Å². The molecule has 0 bridgehead atoms. The zero-order valence-electron chi connectivity index (χ0n) is 5.79. The summed E-state index contributed by atoms with van der Waals surface area (Å²) in [4.78, 5) is 12.9. The maximum atomic E-state index is 9.52. The van der Waals surface area contributed by atoms with Crippen LogP contribution in [0, 0.1) is 5.92 Å². The van der Waals surface area contributed by atoms with Crippen LogP contribution in [-0.4, -0.2) is 12.6 Å². The van der Waals surface area contributed by atoms with Crippen LogP contribution in [-0.2, 0) is 4.79 Å². The van der Waals surface area contributed by atoms with E-state index < -0.39 is 0 Å². The zero-order valence-corrected chi connectivity index (χ0v) is 5.79. The molecule has 0 spiro atoms. The second kappa shape index (κ2) is 5.26. The highest BCUT2D eigenvalue weighted by molar-refractivity contribution is 5.33. The van der Waals surface area contributed by atoms with Crippen molar-refractivity contribution in [2.75, 3.05) is 6.54 Å². The monoisotopic (exact) mass is 125 g/mol. The molecule has 0 rings (SSSR count). The molecule has 0 N–H and O–H groups in total. The van der Waals surface area contributed by atoms with Crippen molar-refractivity contribution in [2.24, 2.45) is 10.9 Å². The molecule has 0 aromatic heterocycles. The van der Waals surface area contributed by atoms with E-state index in [0.717, 1.165) is 0 Å². The first-order chi connectivity index (χ1) is 4.27. The van der Waals surface area contributed by atoms with E-state index in [9.17, 15) is 4.79 Å². The molecular formula is C7H11NO. The van der Waals surface area contributed by atoms with E-state index in [1.165, 1.54) is 6.08 Å². The molecule has 0 atom stereocenters. The zero-order chi connectivity index (χ0) is 7.11. The van der Waals surface area contributed by atoms with Gasteiger partial charge in [-0.2, -0.15) is 0 Å². The minimum absolute atomic E-state index is 0.460. The number of hydrogen-bond donors (Lipinski definition) is 0. The van der Waals surface area contributed by atoms with Gasteiger partial charge in [0.05, 0.1) is 6.54 Å². The molecule has 0 aromatic carbocycles. The summed E-state index contributed by atoms with van der Waals surface area (Å²) in [5.74, 6) is 0.534. The Morgan fingerprint density at radius 1 is 1.67 bits per heavy atom. The van der Waals surface area contributed by atoms with Crippen LogP contribution >= 0.6 is 0 Å². The summed E-state index contributed by atoms with van der Waals surface area (Å²) in [6.45, 7) is 4.60. The van der Waals surface area contributed by atoms with Crippen LogP contribution < -0.4 is 0 Å². The van der Waals surface area contributed by atoms with E-state index in [-0.39, 0.29) is 0 Å². The van der Waals surface area contributed by atoms with E-state index in [1.807, 2.05) is 12.2 Å². The van der Waals surface area contributed by atoms with Crippen molar-refractivity contribution < 1.29 is 4.79 Å². The van der Waals surface area contributed by atoms with Crippen LogP contribution in [0.5, 0.6) is 0 Å². The Kier molecular flexibility index (Phi) is 4.75. The molecule has 2 nitrogen and oxygen atoms in total. The molecule has 9 heavy (non-hydrogen) atoms. The second-order valence-electron chi connectivity index (χ2n) is 2.10. The molecule has 50 valence electrons. The maximum Gasteiger partial charge on any atom is 0.235 e. The number of carbonyl (C=O) groups excluding carboxylic acids is 1. The van der Waals surface area contributed by atoms with Crippen LogP contribution in [0.3, 0.4) is 0 Å². The Bertz CT molecular complexity index is 132. The molecule has 0 heterocycles. The average Bonchev–Trinajstić information content (AvgIpc) is 1.80. The summed E-state index contributed by atoms with van der Waals surface area (Å²) in [5.41, 5.74) is 0. The smallest absolute Gasteiger partial charge is 0.211 e. The Morgan fingerprint density at radius 2 is 2.33 bits per heavy atom. The minimum atomic E-state index is 0.460. The Morgan fingerprint density at radius 3 is 2.78 bits per heavy atom. The third-order valence-corrected chi connectivity index (χ3v) is 0.782. The van der Waals surface area contributed by atoms with E-state index in [2.05, 4.69) is 18.8 Å². The highest BCUT2D eigenvalue weighted by atomic mass is 16.1. The van der Waals surface area contributed by atoms with Gasteiger partial charge in [0.25, 0.3) is 0 Å². The van der Waals surface area contributed by atoms with E-state index in [1.54, 1.807) is 0 Å². The van der Waals surface area contributed by atoms with Gasteiger partial charge >= 0.3 is 0 Å². The molecule has 0 saturated heterocycles. The van der Waals surface area contributed by atoms with E-state index in [0.29, 0.717) is 12.5 Å². The van der Waals surface area contributed by atoms with Crippen molar-refractivity contribution in [3.8, 4) is 0 Å². The van der Waals surface area contributed by atoms with Gasteiger partial charge in [0.1, 0.15) is 0 Å². The fraction of sp³-hybridized carbons (Fsp3) is 0.571. The van der Waals surface area contributed by atoms with E-state index in [4.69, 9.17) is 0 Å². The largest absolute Gasteiger partial charge is 0.235 e. The molecule has 0 aliphatic carbocycles. The number of aliphatic imine (C=N–C) groups is 1. The van der Waals surface area contributed by atoms with Crippen LogP contribution in [0.1, 0.15) is 13.8 Å². The first-order valence-corrected chi connectivity index (χ1v) is 2.97. The Labute approximate surface area is 55.3 Å². The second-order valence-corrected chi connectivity index (χ2v) is 2.10. The highest BCUT2D eigenvalue weighted by Crippen LogP contribution is 1.91. The van der Waals surface area contributed by atoms with E-state index >= 15 is 0 Å².